The molecular formula is C26H35Cl2N3O5S. The Labute approximate surface area is 229 Å². The summed E-state index contributed by atoms with van der Waals surface area (Å²) in [4.78, 5) is 28.3. The maximum atomic E-state index is 13.8. The van der Waals surface area contributed by atoms with Crippen LogP contribution in [0.3, 0.4) is 0 Å². The van der Waals surface area contributed by atoms with Gasteiger partial charge in [0.1, 0.15) is 18.3 Å². The van der Waals surface area contributed by atoms with Crippen molar-refractivity contribution in [3.63, 3.8) is 0 Å². The predicted molar refractivity (Wildman–Crippen MR) is 149 cm³/mol. The van der Waals surface area contributed by atoms with E-state index in [-0.39, 0.29) is 24.1 Å². The van der Waals surface area contributed by atoms with E-state index in [9.17, 15) is 18.0 Å². The van der Waals surface area contributed by atoms with E-state index in [0.717, 1.165) is 16.1 Å². The molecule has 2 rings (SSSR count). The molecule has 1 atom stereocenters. The third kappa shape index (κ3) is 8.25. The summed E-state index contributed by atoms with van der Waals surface area (Å²) in [5.74, 6) is -0.423. The maximum Gasteiger partial charge on any atom is 0.244 e. The highest BCUT2D eigenvalue weighted by Crippen LogP contribution is 2.32. The third-order valence-electron chi connectivity index (χ3n) is 5.74. The lowest BCUT2D eigenvalue weighted by Crippen LogP contribution is -2.52. The predicted octanol–water partition coefficient (Wildman–Crippen LogP) is 4.66. The summed E-state index contributed by atoms with van der Waals surface area (Å²) < 4.78 is 32.1. The first-order valence-corrected chi connectivity index (χ1v) is 14.5. The monoisotopic (exact) mass is 571 g/mol. The summed E-state index contributed by atoms with van der Waals surface area (Å²) in [6.45, 7) is 7.33. The zero-order valence-corrected chi connectivity index (χ0v) is 24.4. The number of aryl methyl sites for hydroxylation is 1. The number of halogens is 2. The van der Waals surface area contributed by atoms with Crippen LogP contribution in [0.4, 0.5) is 5.69 Å². The minimum absolute atomic E-state index is 0.0759. The molecule has 0 heterocycles. The number of hydrogen-bond acceptors (Lipinski definition) is 5. The standard InChI is InChI=1S/C26H35Cl2N3O5S/c1-7-22(26(33)29-14-17(2)3)30(15-19-20(27)9-8-10-21(19)28)25(32)16-31(37(6,34)35)23-13-18(4)11-12-24(23)36-5/h8-13,17,22H,7,14-16H2,1-6H3,(H,29,33)/t22-/m0/s1. The molecule has 0 fully saturated rings. The van der Waals surface area contributed by atoms with Crippen molar-refractivity contribution in [1.29, 1.82) is 0 Å². The van der Waals surface area contributed by atoms with E-state index < -0.39 is 28.5 Å². The summed E-state index contributed by atoms with van der Waals surface area (Å²) in [6.07, 6.45) is 1.31. The van der Waals surface area contributed by atoms with Crippen LogP contribution in [-0.4, -0.2) is 57.6 Å². The van der Waals surface area contributed by atoms with Crippen LogP contribution in [0.15, 0.2) is 36.4 Å². The molecule has 2 aromatic rings. The van der Waals surface area contributed by atoms with E-state index in [1.165, 1.54) is 12.0 Å². The Bertz CT molecular complexity index is 1200. The number of benzene rings is 2. The average molecular weight is 573 g/mol. The number of anilines is 1. The van der Waals surface area contributed by atoms with Gasteiger partial charge >= 0.3 is 0 Å². The second-order valence-corrected chi connectivity index (χ2v) is 12.0. The van der Waals surface area contributed by atoms with Gasteiger partial charge in [0.15, 0.2) is 0 Å². The highest BCUT2D eigenvalue weighted by atomic mass is 35.5. The molecule has 0 aliphatic carbocycles. The van der Waals surface area contributed by atoms with Crippen LogP contribution in [0.25, 0.3) is 0 Å². The van der Waals surface area contributed by atoms with E-state index >= 15 is 0 Å². The molecule has 0 aliphatic heterocycles. The molecule has 0 bridgehead atoms. The van der Waals surface area contributed by atoms with E-state index in [0.29, 0.717) is 34.3 Å². The lowest BCUT2D eigenvalue weighted by atomic mass is 10.1. The number of rotatable bonds is 12. The van der Waals surface area contributed by atoms with Crippen molar-refractivity contribution in [2.75, 3.05) is 30.8 Å². The first-order chi connectivity index (χ1) is 17.3. The van der Waals surface area contributed by atoms with E-state index in [1.54, 1.807) is 43.3 Å². The Morgan fingerprint density at radius 2 is 1.73 bits per heavy atom. The molecule has 0 radical (unpaired) electrons. The second-order valence-electron chi connectivity index (χ2n) is 9.23. The number of sulfonamides is 1. The van der Waals surface area contributed by atoms with Gasteiger partial charge in [0, 0.05) is 28.7 Å². The molecule has 204 valence electrons. The highest BCUT2D eigenvalue weighted by molar-refractivity contribution is 7.92. The van der Waals surface area contributed by atoms with Crippen molar-refractivity contribution in [3.05, 3.63) is 57.6 Å². The topological polar surface area (TPSA) is 96.0 Å². The Kier molecular flexibility index (Phi) is 11.1. The van der Waals surface area contributed by atoms with Gasteiger partial charge in [0.2, 0.25) is 21.8 Å². The number of methoxy groups -OCH3 is 1. The van der Waals surface area contributed by atoms with Gasteiger partial charge in [-0.2, -0.15) is 0 Å². The molecule has 2 aromatic carbocycles. The van der Waals surface area contributed by atoms with Gasteiger partial charge < -0.3 is 15.0 Å². The van der Waals surface area contributed by atoms with Crippen LogP contribution in [-0.2, 0) is 26.2 Å². The van der Waals surface area contributed by atoms with Crippen molar-refractivity contribution in [1.82, 2.24) is 10.2 Å². The van der Waals surface area contributed by atoms with Gasteiger partial charge in [0.25, 0.3) is 0 Å². The lowest BCUT2D eigenvalue weighted by Gasteiger charge is -2.33. The van der Waals surface area contributed by atoms with Gasteiger partial charge in [-0.25, -0.2) is 8.42 Å². The average Bonchev–Trinajstić information content (AvgIpc) is 2.81. The molecule has 8 nitrogen and oxygen atoms in total. The Balaban J connectivity index is 2.55. The number of carbonyl (C=O) groups is 2. The fourth-order valence-electron chi connectivity index (χ4n) is 3.79. The Morgan fingerprint density at radius 1 is 1.11 bits per heavy atom. The molecule has 37 heavy (non-hydrogen) atoms. The van der Waals surface area contributed by atoms with Crippen molar-refractivity contribution in [3.8, 4) is 5.75 Å². The minimum atomic E-state index is -3.91. The normalized spacial score (nSPS) is 12.2. The first kappa shape index (κ1) is 30.7. The zero-order valence-electron chi connectivity index (χ0n) is 22.0. The van der Waals surface area contributed by atoms with Crippen LogP contribution < -0.4 is 14.4 Å². The summed E-state index contributed by atoms with van der Waals surface area (Å²) in [5.41, 5.74) is 1.48. The fraction of sp³-hybridized carbons (Fsp3) is 0.462. The van der Waals surface area contributed by atoms with E-state index in [1.807, 2.05) is 20.8 Å². The second kappa shape index (κ2) is 13.3. The van der Waals surface area contributed by atoms with Crippen molar-refractivity contribution in [2.45, 2.75) is 46.7 Å². The lowest BCUT2D eigenvalue weighted by molar-refractivity contribution is -0.140. The number of carbonyl (C=O) groups excluding carboxylic acids is 2. The molecule has 0 spiro atoms. The number of nitrogens with one attached hydrogen (secondary N) is 1. The van der Waals surface area contributed by atoms with Crippen LogP contribution in [0.1, 0.15) is 38.3 Å². The third-order valence-corrected chi connectivity index (χ3v) is 7.58. The molecule has 0 unspecified atom stereocenters. The quantitative estimate of drug-likeness (QED) is 0.399. The van der Waals surface area contributed by atoms with Crippen molar-refractivity contribution < 1.29 is 22.7 Å². The number of nitrogens with zero attached hydrogens (tertiary/aromatic N) is 2. The highest BCUT2D eigenvalue weighted by Gasteiger charge is 2.33. The maximum absolute atomic E-state index is 13.8. The SMILES string of the molecule is CC[C@@H](C(=O)NCC(C)C)N(Cc1c(Cl)cccc1Cl)C(=O)CN(c1cc(C)ccc1OC)S(C)(=O)=O. The van der Waals surface area contributed by atoms with Gasteiger partial charge in [-0.15, -0.1) is 0 Å². The first-order valence-electron chi connectivity index (χ1n) is 11.9. The number of amides is 2. The summed E-state index contributed by atoms with van der Waals surface area (Å²) in [6, 6.07) is 9.15. The molecule has 0 aliphatic rings. The largest absolute Gasteiger partial charge is 0.495 e. The van der Waals surface area contributed by atoms with Gasteiger partial charge in [-0.3, -0.25) is 13.9 Å². The van der Waals surface area contributed by atoms with Gasteiger partial charge in [-0.1, -0.05) is 56.1 Å². The van der Waals surface area contributed by atoms with Crippen molar-refractivity contribution >= 4 is 50.7 Å². The molecule has 0 aromatic heterocycles. The Hall–Kier alpha value is -2.49. The van der Waals surface area contributed by atoms with E-state index in [2.05, 4.69) is 5.32 Å². The summed E-state index contributed by atoms with van der Waals surface area (Å²) in [5, 5.41) is 3.55. The minimum Gasteiger partial charge on any atom is -0.495 e. The molecular weight excluding hydrogens is 537 g/mol. The van der Waals surface area contributed by atoms with Crippen molar-refractivity contribution in [2.24, 2.45) is 5.92 Å². The fourth-order valence-corrected chi connectivity index (χ4v) is 5.15. The van der Waals surface area contributed by atoms with Crippen LogP contribution >= 0.6 is 23.2 Å². The summed E-state index contributed by atoms with van der Waals surface area (Å²) in [7, 11) is -2.48. The van der Waals surface area contributed by atoms with Gasteiger partial charge in [-0.05, 0) is 49.1 Å². The van der Waals surface area contributed by atoms with E-state index in [4.69, 9.17) is 27.9 Å². The molecule has 0 saturated heterocycles. The molecule has 11 heteroatoms. The molecule has 2 amide bonds. The van der Waals surface area contributed by atoms with Crippen LogP contribution in [0.2, 0.25) is 10.0 Å². The zero-order chi connectivity index (χ0) is 27.9. The van der Waals surface area contributed by atoms with Crippen LogP contribution in [0.5, 0.6) is 5.75 Å². The molecule has 1 N–H and O–H groups in total. The number of ether oxygens (including phenoxy) is 1. The van der Waals surface area contributed by atoms with Gasteiger partial charge in [0.05, 0.1) is 19.1 Å². The summed E-state index contributed by atoms with van der Waals surface area (Å²) >= 11 is 12.8. The molecule has 0 saturated carbocycles. The number of hydrogen-bond donors (Lipinski definition) is 1. The van der Waals surface area contributed by atoms with Crippen LogP contribution in [0, 0.1) is 12.8 Å². The Morgan fingerprint density at radius 3 is 2.24 bits per heavy atom. The smallest absolute Gasteiger partial charge is 0.244 e.